The van der Waals surface area contributed by atoms with Gasteiger partial charge < -0.3 is 15.6 Å². The molecule has 0 atom stereocenters. The zero-order valence-corrected chi connectivity index (χ0v) is 12.2. The summed E-state index contributed by atoms with van der Waals surface area (Å²) in [6.07, 6.45) is 1.74. The number of H-pyrrole nitrogens is 1. The number of hydrogen-bond donors (Lipinski definition) is 3. The molecule has 0 unspecified atom stereocenters. The third kappa shape index (κ3) is 3.24. The van der Waals surface area contributed by atoms with Crippen LogP contribution in [0.1, 0.15) is 6.42 Å². The zero-order chi connectivity index (χ0) is 14.5. The minimum atomic E-state index is -0.251. The van der Waals surface area contributed by atoms with E-state index in [1.807, 2.05) is 35.2 Å². The monoisotopic (exact) mass is 335 g/mol. The summed E-state index contributed by atoms with van der Waals surface area (Å²) in [5, 5.41) is 7.36. The topological polar surface area (TPSA) is 98.9 Å². The number of hydrogen-bond acceptors (Lipinski definition) is 4. The molecule has 2 rings (SSSR count). The van der Waals surface area contributed by atoms with E-state index in [0.29, 0.717) is 23.3 Å². The van der Waals surface area contributed by atoms with Gasteiger partial charge in [-0.3, -0.25) is 10.2 Å². The zero-order valence-electron chi connectivity index (χ0n) is 10.6. The SMILES string of the molecule is N=C(N)CCN(c1ccccc1)c1nc[nH]c(=O)c1Br. The Labute approximate surface area is 124 Å². The number of aromatic amines is 1. The smallest absolute Gasteiger partial charge is 0.267 e. The quantitative estimate of drug-likeness (QED) is 0.574. The lowest BCUT2D eigenvalue weighted by Gasteiger charge is -2.24. The van der Waals surface area contributed by atoms with Gasteiger partial charge in [0.1, 0.15) is 4.47 Å². The van der Waals surface area contributed by atoms with Gasteiger partial charge in [-0.2, -0.15) is 0 Å². The van der Waals surface area contributed by atoms with Crippen molar-refractivity contribution in [1.29, 1.82) is 5.41 Å². The molecule has 0 aliphatic carbocycles. The van der Waals surface area contributed by atoms with Crippen LogP contribution >= 0.6 is 15.9 Å². The molecule has 20 heavy (non-hydrogen) atoms. The summed E-state index contributed by atoms with van der Waals surface area (Å²) in [4.78, 5) is 20.2. The molecule has 2 aromatic rings. The van der Waals surface area contributed by atoms with E-state index in [2.05, 4.69) is 25.9 Å². The van der Waals surface area contributed by atoms with Gasteiger partial charge in [-0.25, -0.2) is 4.98 Å². The Kier molecular flexibility index (Phi) is 4.52. The van der Waals surface area contributed by atoms with Crippen LogP contribution in [0, 0.1) is 5.41 Å². The number of rotatable bonds is 5. The van der Waals surface area contributed by atoms with Gasteiger partial charge in [0.2, 0.25) is 0 Å². The standard InChI is InChI=1S/C13H14BrN5O/c14-11-12(17-8-18-13(11)20)19(7-6-10(15)16)9-4-2-1-3-5-9/h1-5,8H,6-7H2,(H3,15,16)(H,17,18,20). The van der Waals surface area contributed by atoms with Crippen molar-refractivity contribution in [1.82, 2.24) is 9.97 Å². The molecule has 7 heteroatoms. The van der Waals surface area contributed by atoms with E-state index < -0.39 is 0 Å². The molecule has 0 saturated carbocycles. The van der Waals surface area contributed by atoms with Crippen LogP contribution in [0.25, 0.3) is 0 Å². The van der Waals surface area contributed by atoms with E-state index in [4.69, 9.17) is 11.1 Å². The summed E-state index contributed by atoms with van der Waals surface area (Å²) >= 11 is 3.25. The van der Waals surface area contributed by atoms with E-state index in [1.54, 1.807) is 0 Å². The van der Waals surface area contributed by atoms with Crippen LogP contribution < -0.4 is 16.2 Å². The lowest BCUT2D eigenvalue weighted by atomic mass is 10.2. The third-order valence-corrected chi connectivity index (χ3v) is 3.42. The van der Waals surface area contributed by atoms with Crippen LogP contribution in [0.4, 0.5) is 11.5 Å². The Balaban J connectivity index is 2.43. The molecule has 104 valence electrons. The molecule has 0 spiro atoms. The van der Waals surface area contributed by atoms with E-state index in [-0.39, 0.29) is 11.4 Å². The summed E-state index contributed by atoms with van der Waals surface area (Å²) in [6.45, 7) is 0.467. The minimum absolute atomic E-state index is 0.0897. The lowest BCUT2D eigenvalue weighted by molar-refractivity contribution is 0.914. The first-order chi connectivity index (χ1) is 9.59. The van der Waals surface area contributed by atoms with Gasteiger partial charge in [0.25, 0.3) is 5.56 Å². The molecule has 0 amide bonds. The Hall–Kier alpha value is -2.15. The van der Waals surface area contributed by atoms with Crippen molar-refractivity contribution in [3.63, 3.8) is 0 Å². The summed E-state index contributed by atoms with van der Waals surface area (Å²) in [7, 11) is 0. The molecule has 4 N–H and O–H groups in total. The predicted molar refractivity (Wildman–Crippen MR) is 82.5 cm³/mol. The Morgan fingerprint density at radius 3 is 2.75 bits per heavy atom. The first kappa shape index (κ1) is 14.3. The summed E-state index contributed by atoms with van der Waals surface area (Å²) < 4.78 is 0.354. The molecule has 1 aromatic carbocycles. The fourth-order valence-corrected chi connectivity index (χ4v) is 2.19. The maximum absolute atomic E-state index is 11.7. The molecule has 0 bridgehead atoms. The Bertz CT molecular complexity index is 655. The van der Waals surface area contributed by atoms with Gasteiger partial charge in [0.05, 0.1) is 12.2 Å². The molecular formula is C13H14BrN5O. The van der Waals surface area contributed by atoms with Gasteiger partial charge in [0.15, 0.2) is 5.82 Å². The second-order valence-electron chi connectivity index (χ2n) is 4.13. The third-order valence-electron chi connectivity index (χ3n) is 2.71. The molecule has 1 heterocycles. The van der Waals surface area contributed by atoms with Crippen LogP contribution in [-0.2, 0) is 0 Å². The number of halogens is 1. The molecule has 0 radical (unpaired) electrons. The van der Waals surface area contributed by atoms with E-state index in [9.17, 15) is 4.79 Å². The van der Waals surface area contributed by atoms with Crippen LogP contribution in [0.3, 0.4) is 0 Å². The van der Waals surface area contributed by atoms with E-state index in [0.717, 1.165) is 5.69 Å². The second-order valence-corrected chi connectivity index (χ2v) is 4.92. The van der Waals surface area contributed by atoms with Crippen LogP contribution in [0.5, 0.6) is 0 Å². The van der Waals surface area contributed by atoms with Gasteiger partial charge in [0, 0.05) is 18.7 Å². The number of benzene rings is 1. The van der Waals surface area contributed by atoms with E-state index >= 15 is 0 Å². The van der Waals surface area contributed by atoms with Crippen molar-refractivity contribution in [2.45, 2.75) is 6.42 Å². The van der Waals surface area contributed by atoms with Crippen molar-refractivity contribution in [2.75, 3.05) is 11.4 Å². The second kappa shape index (κ2) is 6.33. The Morgan fingerprint density at radius 1 is 1.40 bits per heavy atom. The maximum atomic E-state index is 11.7. The van der Waals surface area contributed by atoms with Crippen molar-refractivity contribution in [2.24, 2.45) is 5.73 Å². The maximum Gasteiger partial charge on any atom is 0.267 e. The highest BCUT2D eigenvalue weighted by molar-refractivity contribution is 9.10. The number of para-hydroxylation sites is 1. The fraction of sp³-hybridized carbons (Fsp3) is 0.154. The molecule has 1 aromatic heterocycles. The first-order valence-electron chi connectivity index (χ1n) is 5.98. The van der Waals surface area contributed by atoms with Crippen LogP contribution in [0.15, 0.2) is 45.9 Å². The molecule has 0 aliphatic rings. The largest absolute Gasteiger partial charge is 0.388 e. The first-order valence-corrected chi connectivity index (χ1v) is 6.77. The summed E-state index contributed by atoms with van der Waals surface area (Å²) in [5.74, 6) is 0.591. The van der Waals surface area contributed by atoms with Crippen LogP contribution in [0.2, 0.25) is 0 Å². The molecule has 0 aliphatic heterocycles. The fourth-order valence-electron chi connectivity index (χ4n) is 1.76. The Morgan fingerprint density at radius 2 is 2.10 bits per heavy atom. The summed E-state index contributed by atoms with van der Waals surface area (Å²) in [6, 6.07) is 9.53. The average Bonchev–Trinajstić information content (AvgIpc) is 2.44. The van der Waals surface area contributed by atoms with Crippen molar-refractivity contribution in [3.05, 3.63) is 51.5 Å². The highest BCUT2D eigenvalue weighted by Crippen LogP contribution is 2.27. The predicted octanol–water partition coefficient (Wildman–Crippen LogP) is 2.00. The highest BCUT2D eigenvalue weighted by atomic mass is 79.9. The van der Waals surface area contributed by atoms with E-state index in [1.165, 1.54) is 6.33 Å². The van der Waals surface area contributed by atoms with Gasteiger partial charge in [-0.1, -0.05) is 18.2 Å². The minimum Gasteiger partial charge on any atom is -0.388 e. The van der Waals surface area contributed by atoms with Gasteiger partial charge in [-0.15, -0.1) is 0 Å². The molecule has 0 saturated heterocycles. The average molecular weight is 336 g/mol. The van der Waals surface area contributed by atoms with Gasteiger partial charge in [-0.05, 0) is 28.1 Å². The van der Waals surface area contributed by atoms with Crippen molar-refractivity contribution in [3.8, 4) is 0 Å². The van der Waals surface area contributed by atoms with Crippen molar-refractivity contribution < 1.29 is 0 Å². The number of nitrogens with zero attached hydrogens (tertiary/aromatic N) is 2. The molecule has 0 fully saturated rings. The van der Waals surface area contributed by atoms with Crippen molar-refractivity contribution >= 4 is 33.3 Å². The number of anilines is 2. The number of nitrogens with two attached hydrogens (primary N) is 1. The molecular weight excluding hydrogens is 322 g/mol. The number of amidine groups is 1. The molecule has 6 nitrogen and oxygen atoms in total. The lowest BCUT2D eigenvalue weighted by Crippen LogP contribution is -2.26. The number of aromatic nitrogens is 2. The normalized spacial score (nSPS) is 10.2. The number of nitrogens with one attached hydrogen (secondary N) is 2. The van der Waals surface area contributed by atoms with Crippen LogP contribution in [-0.4, -0.2) is 22.3 Å². The van der Waals surface area contributed by atoms with Gasteiger partial charge >= 0.3 is 0 Å². The highest BCUT2D eigenvalue weighted by Gasteiger charge is 2.16. The summed E-state index contributed by atoms with van der Waals surface area (Å²) in [5.41, 5.74) is 6.05.